The van der Waals surface area contributed by atoms with Crippen molar-refractivity contribution in [2.24, 2.45) is 0 Å². The van der Waals surface area contributed by atoms with Crippen LogP contribution in [0.5, 0.6) is 0 Å². The van der Waals surface area contributed by atoms with E-state index in [9.17, 15) is 4.39 Å². The van der Waals surface area contributed by atoms with E-state index in [2.05, 4.69) is 43.4 Å². The molecule has 2 aromatic rings. The lowest BCUT2D eigenvalue weighted by atomic mass is 9.97. The largest absolute Gasteiger partial charge is 0.314 e. The summed E-state index contributed by atoms with van der Waals surface area (Å²) >= 11 is 5.86. The van der Waals surface area contributed by atoms with Gasteiger partial charge in [-0.1, -0.05) is 60.5 Å². The van der Waals surface area contributed by atoms with Crippen LogP contribution in [-0.4, -0.2) is 12.6 Å². The number of rotatable bonds is 6. The maximum atomic E-state index is 14.0. The third-order valence-corrected chi connectivity index (χ3v) is 3.85. The number of hydrogen-bond acceptors (Lipinski definition) is 1. The third kappa shape index (κ3) is 4.55. The van der Waals surface area contributed by atoms with E-state index in [0.29, 0.717) is 12.0 Å². The van der Waals surface area contributed by atoms with Crippen molar-refractivity contribution >= 4 is 11.6 Å². The Morgan fingerprint density at radius 2 is 1.90 bits per heavy atom. The lowest BCUT2D eigenvalue weighted by Crippen LogP contribution is -2.33. The molecule has 0 radical (unpaired) electrons. The molecule has 0 saturated carbocycles. The number of halogens is 2. The van der Waals surface area contributed by atoms with E-state index in [1.807, 2.05) is 6.07 Å². The van der Waals surface area contributed by atoms with Gasteiger partial charge in [-0.3, -0.25) is 0 Å². The first-order chi connectivity index (χ1) is 10.1. The van der Waals surface area contributed by atoms with Crippen LogP contribution in [0.2, 0.25) is 5.02 Å². The Kier molecular flexibility index (Phi) is 5.77. The van der Waals surface area contributed by atoms with Crippen molar-refractivity contribution in [3.05, 3.63) is 70.0 Å². The molecule has 1 nitrogen and oxygen atoms in total. The number of hydrogen-bond donors (Lipinski definition) is 1. The second-order valence-corrected chi connectivity index (χ2v) is 5.77. The molecule has 2 rings (SSSR count). The van der Waals surface area contributed by atoms with E-state index in [4.69, 9.17) is 11.6 Å². The molecule has 0 spiro atoms. The van der Waals surface area contributed by atoms with Crippen molar-refractivity contribution in [3.63, 3.8) is 0 Å². The molecular weight excluding hydrogens is 285 g/mol. The molecule has 0 heterocycles. The highest BCUT2D eigenvalue weighted by Crippen LogP contribution is 2.20. The molecule has 2 aromatic carbocycles. The molecule has 0 fully saturated rings. The standard InChI is InChI=1S/C18H21ClFN/c1-3-21-16(11-14-7-4-6-13(2)10-14)12-15-8-5-9-17(19)18(15)20/h4-10,16,21H,3,11-12H2,1-2H3. The summed E-state index contributed by atoms with van der Waals surface area (Å²) in [5.41, 5.74) is 3.18. The second kappa shape index (κ2) is 7.58. The third-order valence-electron chi connectivity index (χ3n) is 3.56. The molecular formula is C18H21ClFN. The number of nitrogens with one attached hydrogen (secondary N) is 1. The Morgan fingerprint density at radius 1 is 1.14 bits per heavy atom. The highest BCUT2D eigenvalue weighted by atomic mass is 35.5. The van der Waals surface area contributed by atoms with Crippen molar-refractivity contribution < 1.29 is 4.39 Å². The highest BCUT2D eigenvalue weighted by Gasteiger charge is 2.14. The van der Waals surface area contributed by atoms with Crippen molar-refractivity contribution in [3.8, 4) is 0 Å². The van der Waals surface area contributed by atoms with Crippen molar-refractivity contribution in [2.45, 2.75) is 32.7 Å². The summed E-state index contributed by atoms with van der Waals surface area (Å²) < 4.78 is 14.0. The molecule has 21 heavy (non-hydrogen) atoms. The smallest absolute Gasteiger partial charge is 0.145 e. The Balaban J connectivity index is 2.13. The normalized spacial score (nSPS) is 12.4. The van der Waals surface area contributed by atoms with Crippen LogP contribution in [0.1, 0.15) is 23.6 Å². The molecule has 0 bridgehead atoms. The van der Waals surface area contributed by atoms with Crippen LogP contribution in [0.15, 0.2) is 42.5 Å². The highest BCUT2D eigenvalue weighted by molar-refractivity contribution is 6.30. The zero-order chi connectivity index (χ0) is 15.2. The first-order valence-corrected chi connectivity index (χ1v) is 7.69. The molecule has 0 amide bonds. The molecule has 0 saturated heterocycles. The van der Waals surface area contributed by atoms with E-state index < -0.39 is 0 Å². The Morgan fingerprint density at radius 3 is 2.62 bits per heavy atom. The maximum Gasteiger partial charge on any atom is 0.145 e. The topological polar surface area (TPSA) is 12.0 Å². The summed E-state index contributed by atoms with van der Waals surface area (Å²) in [6.07, 6.45) is 1.51. The van der Waals surface area contributed by atoms with Gasteiger partial charge in [0.05, 0.1) is 5.02 Å². The fraction of sp³-hybridized carbons (Fsp3) is 0.333. The second-order valence-electron chi connectivity index (χ2n) is 5.36. The van der Waals surface area contributed by atoms with E-state index in [0.717, 1.165) is 13.0 Å². The summed E-state index contributed by atoms with van der Waals surface area (Å²) in [5.74, 6) is -0.300. The van der Waals surface area contributed by atoms with Crippen LogP contribution in [0.3, 0.4) is 0 Å². The molecule has 1 unspecified atom stereocenters. The maximum absolute atomic E-state index is 14.0. The minimum Gasteiger partial charge on any atom is -0.314 e. The van der Waals surface area contributed by atoms with Crippen LogP contribution in [-0.2, 0) is 12.8 Å². The van der Waals surface area contributed by atoms with Gasteiger partial charge in [0.25, 0.3) is 0 Å². The zero-order valence-corrected chi connectivity index (χ0v) is 13.3. The quantitative estimate of drug-likeness (QED) is 0.825. The van der Waals surface area contributed by atoms with Crippen molar-refractivity contribution in [1.29, 1.82) is 0 Å². The molecule has 1 atom stereocenters. The van der Waals surface area contributed by atoms with Gasteiger partial charge >= 0.3 is 0 Å². The van der Waals surface area contributed by atoms with Gasteiger partial charge in [0.2, 0.25) is 0 Å². The predicted octanol–water partition coefficient (Wildman–Crippen LogP) is 4.55. The van der Waals surface area contributed by atoms with E-state index in [1.165, 1.54) is 11.1 Å². The van der Waals surface area contributed by atoms with Crippen LogP contribution < -0.4 is 5.32 Å². The van der Waals surface area contributed by atoms with Crippen LogP contribution in [0.25, 0.3) is 0 Å². The number of likely N-dealkylation sites (N-methyl/N-ethyl adjacent to an activating group) is 1. The van der Waals surface area contributed by atoms with Crippen LogP contribution in [0.4, 0.5) is 4.39 Å². The summed E-state index contributed by atoms with van der Waals surface area (Å²) in [6, 6.07) is 13.8. The van der Waals surface area contributed by atoms with Gasteiger partial charge in [0.1, 0.15) is 5.82 Å². The molecule has 112 valence electrons. The Labute approximate surface area is 131 Å². The van der Waals surface area contributed by atoms with E-state index in [-0.39, 0.29) is 16.9 Å². The number of benzene rings is 2. The molecule has 0 aliphatic heterocycles. The fourth-order valence-electron chi connectivity index (χ4n) is 2.60. The summed E-state index contributed by atoms with van der Waals surface area (Å²) in [7, 11) is 0. The zero-order valence-electron chi connectivity index (χ0n) is 12.5. The van der Waals surface area contributed by atoms with Gasteiger partial charge in [-0.2, -0.15) is 0 Å². The SMILES string of the molecule is CCNC(Cc1cccc(C)c1)Cc1cccc(Cl)c1F. The van der Waals surface area contributed by atoms with Gasteiger partial charge in [0.15, 0.2) is 0 Å². The van der Waals surface area contributed by atoms with E-state index >= 15 is 0 Å². The average molecular weight is 306 g/mol. The Hall–Kier alpha value is -1.38. The number of aryl methyl sites for hydroxylation is 1. The Bertz CT molecular complexity index is 598. The molecule has 0 aliphatic rings. The fourth-order valence-corrected chi connectivity index (χ4v) is 2.79. The molecule has 0 aromatic heterocycles. The van der Waals surface area contributed by atoms with Crippen LogP contribution in [0, 0.1) is 12.7 Å². The lowest BCUT2D eigenvalue weighted by Gasteiger charge is -2.19. The lowest BCUT2D eigenvalue weighted by molar-refractivity contribution is 0.506. The van der Waals surface area contributed by atoms with Gasteiger partial charge in [-0.25, -0.2) is 4.39 Å². The van der Waals surface area contributed by atoms with Gasteiger partial charge in [-0.15, -0.1) is 0 Å². The monoisotopic (exact) mass is 305 g/mol. The first kappa shape index (κ1) is 16.0. The van der Waals surface area contributed by atoms with Crippen molar-refractivity contribution in [2.75, 3.05) is 6.54 Å². The first-order valence-electron chi connectivity index (χ1n) is 7.32. The van der Waals surface area contributed by atoms with Gasteiger partial charge in [0, 0.05) is 6.04 Å². The summed E-state index contributed by atoms with van der Waals surface area (Å²) in [5, 5.41) is 3.63. The minimum absolute atomic E-state index is 0.193. The van der Waals surface area contributed by atoms with E-state index in [1.54, 1.807) is 12.1 Å². The average Bonchev–Trinajstić information content (AvgIpc) is 2.44. The van der Waals surface area contributed by atoms with Gasteiger partial charge < -0.3 is 5.32 Å². The molecule has 0 aliphatic carbocycles. The minimum atomic E-state index is -0.300. The summed E-state index contributed by atoms with van der Waals surface area (Å²) in [6.45, 7) is 5.01. The predicted molar refractivity (Wildman–Crippen MR) is 87.5 cm³/mol. The van der Waals surface area contributed by atoms with Crippen LogP contribution >= 0.6 is 11.6 Å². The summed E-state index contributed by atoms with van der Waals surface area (Å²) in [4.78, 5) is 0. The molecule has 1 N–H and O–H groups in total. The van der Waals surface area contributed by atoms with Crippen molar-refractivity contribution in [1.82, 2.24) is 5.32 Å². The van der Waals surface area contributed by atoms with Gasteiger partial charge in [-0.05, 0) is 43.5 Å². The molecule has 3 heteroatoms.